The summed E-state index contributed by atoms with van der Waals surface area (Å²) in [4.78, 5) is 66.3. The molecule has 4 amide bonds. The first-order valence-electron chi connectivity index (χ1n) is 18.6. The van der Waals surface area contributed by atoms with Gasteiger partial charge < -0.3 is 29.7 Å². The molecule has 0 spiro atoms. The summed E-state index contributed by atoms with van der Waals surface area (Å²) in [5.74, 6) is -1.50. The number of alkyl carbamates (subject to hydrolysis) is 1. The van der Waals surface area contributed by atoms with Gasteiger partial charge in [0, 0.05) is 18.4 Å². The van der Waals surface area contributed by atoms with Crippen LogP contribution in [0.1, 0.15) is 89.7 Å². The normalized spacial score (nSPS) is 29.2. The van der Waals surface area contributed by atoms with Crippen molar-refractivity contribution in [3.05, 3.63) is 36.0 Å². The number of benzene rings is 1. The number of ether oxygens (including phenoxy) is 3. The van der Waals surface area contributed by atoms with Gasteiger partial charge >= 0.3 is 6.09 Å². The van der Waals surface area contributed by atoms with Crippen LogP contribution < -0.4 is 24.8 Å². The molecule has 3 aliphatic carbocycles. The van der Waals surface area contributed by atoms with Crippen molar-refractivity contribution in [2.24, 2.45) is 5.92 Å². The predicted molar refractivity (Wildman–Crippen MR) is 192 cm³/mol. The van der Waals surface area contributed by atoms with Crippen LogP contribution >= 0.6 is 0 Å². The first kappa shape index (κ1) is 36.9. The number of fused-ring (bicyclic) bond motifs is 3. The molecule has 2 aromatic rings. The van der Waals surface area contributed by atoms with Gasteiger partial charge in [-0.15, -0.1) is 0 Å². The molecule has 53 heavy (non-hydrogen) atoms. The zero-order valence-electron chi connectivity index (χ0n) is 30.4. The highest BCUT2D eigenvalue weighted by molar-refractivity contribution is 7.91. The van der Waals surface area contributed by atoms with Crippen LogP contribution in [0, 0.1) is 12.8 Å². The number of sulfonamides is 1. The molecule has 0 unspecified atom stereocenters. The molecule has 1 aromatic heterocycles. The number of rotatable bonds is 8. The van der Waals surface area contributed by atoms with Crippen molar-refractivity contribution < 1.29 is 41.8 Å². The van der Waals surface area contributed by atoms with Crippen molar-refractivity contribution in [2.75, 3.05) is 13.7 Å². The summed E-state index contributed by atoms with van der Waals surface area (Å²) in [6.07, 6.45) is 9.15. The van der Waals surface area contributed by atoms with Gasteiger partial charge in [0.05, 0.1) is 29.4 Å². The minimum Gasteiger partial charge on any atom is -0.497 e. The van der Waals surface area contributed by atoms with Crippen molar-refractivity contribution in [3.63, 3.8) is 0 Å². The van der Waals surface area contributed by atoms with Crippen LogP contribution in [-0.2, 0) is 29.1 Å². The summed E-state index contributed by atoms with van der Waals surface area (Å²) in [5, 5.41) is 5.66. The molecule has 16 heteroatoms. The molecular formula is C37H48N6O9S. The Balaban J connectivity index is 1.18. The number of aromatic nitrogens is 2. The van der Waals surface area contributed by atoms with Gasteiger partial charge in [0.15, 0.2) is 0 Å². The number of allylic oxidation sites excluding steroid dienone is 1. The summed E-state index contributed by atoms with van der Waals surface area (Å²) >= 11 is 0. The Labute approximate surface area is 309 Å². The molecule has 7 rings (SSSR count). The van der Waals surface area contributed by atoms with E-state index in [-0.39, 0.29) is 31.4 Å². The molecule has 0 radical (unpaired) electrons. The number of carbonyl (C=O) groups is 4. The molecule has 3 N–H and O–H groups in total. The van der Waals surface area contributed by atoms with Crippen molar-refractivity contribution in [3.8, 4) is 11.6 Å². The summed E-state index contributed by atoms with van der Waals surface area (Å²) in [6, 6.07) is 3.23. The third kappa shape index (κ3) is 7.64. The van der Waals surface area contributed by atoms with Gasteiger partial charge in [0.1, 0.15) is 41.3 Å². The summed E-state index contributed by atoms with van der Waals surface area (Å²) in [6.45, 7) is 3.33. The van der Waals surface area contributed by atoms with E-state index in [2.05, 4.69) is 25.3 Å². The first-order chi connectivity index (χ1) is 25.3. The zero-order chi connectivity index (χ0) is 37.5. The number of nitrogens with zero attached hydrogens (tertiary/aromatic N) is 3. The average molecular weight is 753 g/mol. The second-order valence-electron chi connectivity index (χ2n) is 15.3. The third-order valence-electron chi connectivity index (χ3n) is 11.4. The van der Waals surface area contributed by atoms with Gasteiger partial charge in [-0.1, -0.05) is 25.0 Å². The largest absolute Gasteiger partial charge is 0.497 e. The number of methoxy groups -OCH3 is 1. The molecule has 15 nitrogen and oxygen atoms in total. The van der Waals surface area contributed by atoms with Crippen LogP contribution in [0.2, 0.25) is 0 Å². The molecule has 286 valence electrons. The number of hydrogen-bond acceptors (Lipinski definition) is 11. The quantitative estimate of drug-likeness (QED) is 0.335. The molecule has 2 aliphatic heterocycles. The monoisotopic (exact) mass is 752 g/mol. The Morgan fingerprint density at radius 2 is 1.81 bits per heavy atom. The van der Waals surface area contributed by atoms with E-state index in [9.17, 15) is 27.6 Å². The molecule has 4 fully saturated rings. The number of carbonyl (C=O) groups excluding carboxylic acids is 4. The van der Waals surface area contributed by atoms with Crippen LogP contribution in [0.3, 0.4) is 0 Å². The molecule has 5 atom stereocenters. The van der Waals surface area contributed by atoms with E-state index < -0.39 is 68.2 Å². The predicted octanol–water partition coefficient (Wildman–Crippen LogP) is 3.34. The van der Waals surface area contributed by atoms with Gasteiger partial charge in [0.25, 0.3) is 5.91 Å². The lowest BCUT2D eigenvalue weighted by atomic mass is 9.96. The van der Waals surface area contributed by atoms with Gasteiger partial charge in [0.2, 0.25) is 27.7 Å². The maximum Gasteiger partial charge on any atom is 0.408 e. The van der Waals surface area contributed by atoms with E-state index in [4.69, 9.17) is 14.2 Å². The Bertz CT molecular complexity index is 1930. The zero-order valence-corrected chi connectivity index (χ0v) is 31.2. The van der Waals surface area contributed by atoms with E-state index >= 15 is 0 Å². The highest BCUT2D eigenvalue weighted by atomic mass is 32.2. The van der Waals surface area contributed by atoms with Gasteiger partial charge in [-0.2, -0.15) is 0 Å². The van der Waals surface area contributed by atoms with Crippen molar-refractivity contribution in [1.82, 2.24) is 30.2 Å². The van der Waals surface area contributed by atoms with E-state index in [1.54, 1.807) is 39.2 Å². The van der Waals surface area contributed by atoms with E-state index in [0.717, 1.165) is 32.1 Å². The summed E-state index contributed by atoms with van der Waals surface area (Å²) in [5.41, 5.74) is 0.177. The van der Waals surface area contributed by atoms with Crippen LogP contribution in [0.15, 0.2) is 30.4 Å². The Morgan fingerprint density at radius 3 is 2.53 bits per heavy atom. The maximum absolute atomic E-state index is 14.4. The second-order valence-corrected chi connectivity index (χ2v) is 17.5. The number of nitrogens with one attached hydrogen (secondary N) is 3. The fraction of sp³-hybridized carbons (Fsp3) is 0.622. The van der Waals surface area contributed by atoms with Gasteiger partial charge in [-0.05, 0) is 83.8 Å². The fourth-order valence-corrected chi connectivity index (χ4v) is 8.58. The van der Waals surface area contributed by atoms with Crippen molar-refractivity contribution in [1.29, 1.82) is 0 Å². The topological polar surface area (TPSA) is 195 Å². The van der Waals surface area contributed by atoms with Crippen molar-refractivity contribution in [2.45, 2.75) is 125 Å². The molecule has 1 saturated heterocycles. The van der Waals surface area contributed by atoms with Crippen molar-refractivity contribution >= 4 is 44.9 Å². The van der Waals surface area contributed by atoms with Crippen LogP contribution in [0.5, 0.6) is 11.6 Å². The molecule has 3 heterocycles. The molecular weight excluding hydrogens is 705 g/mol. The van der Waals surface area contributed by atoms with Gasteiger partial charge in [-0.3, -0.25) is 19.1 Å². The van der Waals surface area contributed by atoms with Crippen LogP contribution in [-0.4, -0.2) is 95.3 Å². The molecule has 1 aromatic carbocycles. The number of amides is 4. The standard InChI is InChI=1S/C37H48N6O9S/c1-22-32(39-29-18-25(50-3)14-15-27(29)38-22)51-26-19-30-31(44)41-37(34(46)42-53(48,49)36(2)16-17-36)20-23(37)10-7-5-4-6-8-13-28(33(45)43(30)21-26)40-35(47)52-24-11-9-12-24/h7,10,14-15,18,23-24,26,28,30H,4-6,8-9,11-13,16-17,19-21H2,1-3H3,(H,40,47)(H,41,44)(H,42,46)/b10-7-/t23-,26-,28+,30+,37-/m1/s1. The summed E-state index contributed by atoms with van der Waals surface area (Å²) in [7, 11) is -2.43. The highest BCUT2D eigenvalue weighted by Gasteiger charge is 2.63. The van der Waals surface area contributed by atoms with Crippen LogP contribution in [0.25, 0.3) is 11.0 Å². The Morgan fingerprint density at radius 1 is 1.02 bits per heavy atom. The van der Waals surface area contributed by atoms with E-state index in [1.807, 2.05) is 12.2 Å². The Kier molecular flexibility index (Phi) is 10.0. The van der Waals surface area contributed by atoms with Crippen LogP contribution in [0.4, 0.5) is 4.79 Å². The van der Waals surface area contributed by atoms with E-state index in [1.165, 1.54) is 4.90 Å². The SMILES string of the molecule is COc1ccc2nc(C)c(O[C@@H]3C[C@H]4C(=O)N[C@]5(C(=O)NS(=O)(=O)C6(C)CC6)C[C@H]5/C=C\CCCCC[C@H](NC(=O)OC5CCC5)C(=O)N4C3)nc2c1. The molecule has 0 bridgehead atoms. The molecule has 5 aliphatic rings. The van der Waals surface area contributed by atoms with Gasteiger partial charge in [-0.25, -0.2) is 23.2 Å². The van der Waals surface area contributed by atoms with E-state index in [0.29, 0.717) is 54.6 Å². The minimum atomic E-state index is -3.98. The fourth-order valence-electron chi connectivity index (χ4n) is 7.27. The maximum atomic E-state index is 14.4. The highest BCUT2D eigenvalue weighted by Crippen LogP contribution is 2.47. The lowest BCUT2D eigenvalue weighted by Gasteiger charge is -2.31. The number of aryl methyl sites for hydroxylation is 1. The first-order valence-corrected chi connectivity index (χ1v) is 20.1. The summed E-state index contributed by atoms with van der Waals surface area (Å²) < 4.78 is 44.7. The lowest BCUT2D eigenvalue weighted by molar-refractivity contribution is -0.141. The third-order valence-corrected chi connectivity index (χ3v) is 13.5. The average Bonchev–Trinajstić information content (AvgIpc) is 3.98. The second kappa shape index (κ2) is 14.4. The minimum absolute atomic E-state index is 0.0146. The molecule has 3 saturated carbocycles. The lowest BCUT2D eigenvalue weighted by Crippen LogP contribution is -2.58. The Hall–Kier alpha value is -4.47. The smallest absolute Gasteiger partial charge is 0.408 e. The number of hydrogen-bond donors (Lipinski definition) is 3.